The molecule has 0 N–H and O–H groups in total. The standard InChI is InChI=1S/C13H16FNO/c1-10(16)15-9-3-8-13(15,2)11-4-6-12(14)7-5-11/h4-7H,3,8-9H2,1-2H3/t13-/m1/s1. The largest absolute Gasteiger partial charge is 0.333 e. The first kappa shape index (κ1) is 11.1. The third kappa shape index (κ3) is 1.70. The Bertz CT molecular complexity index is 401. The third-order valence-electron chi connectivity index (χ3n) is 3.49. The highest BCUT2D eigenvalue weighted by Gasteiger charge is 2.39. The van der Waals surface area contributed by atoms with Crippen molar-refractivity contribution in [2.75, 3.05) is 6.54 Å². The molecule has 1 heterocycles. The average Bonchev–Trinajstić information content (AvgIpc) is 2.62. The van der Waals surface area contributed by atoms with Gasteiger partial charge < -0.3 is 4.90 Å². The number of amides is 1. The van der Waals surface area contributed by atoms with Gasteiger partial charge in [0.15, 0.2) is 0 Å². The molecule has 1 atom stereocenters. The highest BCUT2D eigenvalue weighted by molar-refractivity contribution is 5.74. The molecule has 0 aliphatic carbocycles. The molecule has 1 aliphatic rings. The molecule has 2 nitrogen and oxygen atoms in total. The fraction of sp³-hybridized carbons (Fsp3) is 0.462. The third-order valence-corrected chi connectivity index (χ3v) is 3.49. The summed E-state index contributed by atoms with van der Waals surface area (Å²) in [7, 11) is 0. The van der Waals surface area contributed by atoms with Gasteiger partial charge in [0.1, 0.15) is 5.82 Å². The number of benzene rings is 1. The SMILES string of the molecule is CC(=O)N1CCC[C@]1(C)c1ccc(F)cc1. The Morgan fingerprint density at radius 2 is 2.00 bits per heavy atom. The Labute approximate surface area is 95.1 Å². The molecule has 16 heavy (non-hydrogen) atoms. The highest BCUT2D eigenvalue weighted by atomic mass is 19.1. The van der Waals surface area contributed by atoms with Crippen LogP contribution >= 0.6 is 0 Å². The second kappa shape index (κ2) is 3.89. The Kier molecular flexibility index (Phi) is 2.70. The van der Waals surface area contributed by atoms with Crippen LogP contribution in [-0.4, -0.2) is 17.4 Å². The van der Waals surface area contributed by atoms with Crippen LogP contribution < -0.4 is 0 Å². The van der Waals surface area contributed by atoms with E-state index < -0.39 is 0 Å². The minimum absolute atomic E-state index is 0.0873. The predicted molar refractivity (Wildman–Crippen MR) is 60.4 cm³/mol. The Morgan fingerprint density at radius 3 is 2.56 bits per heavy atom. The minimum Gasteiger partial charge on any atom is -0.333 e. The van der Waals surface area contributed by atoms with Crippen molar-refractivity contribution in [1.29, 1.82) is 0 Å². The first-order valence-corrected chi connectivity index (χ1v) is 5.58. The van der Waals surface area contributed by atoms with Crippen molar-refractivity contribution in [3.8, 4) is 0 Å². The smallest absolute Gasteiger partial charge is 0.220 e. The molecule has 1 aliphatic heterocycles. The summed E-state index contributed by atoms with van der Waals surface area (Å²) < 4.78 is 12.9. The fourth-order valence-corrected chi connectivity index (χ4v) is 2.58. The number of halogens is 1. The van der Waals surface area contributed by atoms with Crippen LogP contribution in [0.1, 0.15) is 32.3 Å². The fourth-order valence-electron chi connectivity index (χ4n) is 2.58. The lowest BCUT2D eigenvalue weighted by Gasteiger charge is -2.35. The topological polar surface area (TPSA) is 20.3 Å². The molecule has 3 heteroatoms. The van der Waals surface area contributed by atoms with E-state index >= 15 is 0 Å². The maximum atomic E-state index is 12.9. The van der Waals surface area contributed by atoms with E-state index in [4.69, 9.17) is 0 Å². The van der Waals surface area contributed by atoms with Gasteiger partial charge in [-0.15, -0.1) is 0 Å². The van der Waals surface area contributed by atoms with E-state index in [-0.39, 0.29) is 17.3 Å². The van der Waals surface area contributed by atoms with Gasteiger partial charge in [0.05, 0.1) is 5.54 Å². The summed E-state index contributed by atoms with van der Waals surface area (Å²) in [5.74, 6) is -0.149. The number of hydrogen-bond donors (Lipinski definition) is 0. The van der Waals surface area contributed by atoms with E-state index in [9.17, 15) is 9.18 Å². The maximum absolute atomic E-state index is 12.9. The summed E-state index contributed by atoms with van der Waals surface area (Å²) >= 11 is 0. The van der Waals surface area contributed by atoms with Crippen LogP contribution in [0.25, 0.3) is 0 Å². The molecule has 86 valence electrons. The first-order chi connectivity index (χ1) is 7.54. The highest BCUT2D eigenvalue weighted by Crippen LogP contribution is 2.38. The summed E-state index contributed by atoms with van der Waals surface area (Å²) in [5, 5.41) is 0. The van der Waals surface area contributed by atoms with Crippen molar-refractivity contribution < 1.29 is 9.18 Å². The van der Waals surface area contributed by atoms with Crippen molar-refractivity contribution in [3.05, 3.63) is 35.6 Å². The molecule has 0 aromatic heterocycles. The zero-order chi connectivity index (χ0) is 11.8. The molecular weight excluding hydrogens is 205 g/mol. The number of carbonyl (C=O) groups excluding carboxylic acids is 1. The molecule has 1 aromatic carbocycles. The first-order valence-electron chi connectivity index (χ1n) is 5.58. The molecule has 0 bridgehead atoms. The van der Waals surface area contributed by atoms with E-state index in [0.29, 0.717) is 0 Å². The number of hydrogen-bond acceptors (Lipinski definition) is 1. The van der Waals surface area contributed by atoms with Gasteiger partial charge in [-0.1, -0.05) is 12.1 Å². The molecule has 0 radical (unpaired) electrons. The molecular formula is C13H16FNO. The quantitative estimate of drug-likeness (QED) is 0.714. The van der Waals surface area contributed by atoms with Gasteiger partial charge in [-0.25, -0.2) is 4.39 Å². The number of rotatable bonds is 1. The molecule has 0 unspecified atom stereocenters. The van der Waals surface area contributed by atoms with E-state index in [1.165, 1.54) is 12.1 Å². The van der Waals surface area contributed by atoms with Crippen LogP contribution in [-0.2, 0) is 10.3 Å². The van der Waals surface area contributed by atoms with Gasteiger partial charge in [-0.2, -0.15) is 0 Å². The van der Waals surface area contributed by atoms with Gasteiger partial charge in [-0.3, -0.25) is 4.79 Å². The van der Waals surface area contributed by atoms with Gasteiger partial charge in [0, 0.05) is 13.5 Å². The Balaban J connectivity index is 2.37. The van der Waals surface area contributed by atoms with Crippen molar-refractivity contribution in [1.82, 2.24) is 4.90 Å². The van der Waals surface area contributed by atoms with Gasteiger partial charge >= 0.3 is 0 Å². The molecule has 0 spiro atoms. The summed E-state index contributed by atoms with van der Waals surface area (Å²) in [6.07, 6.45) is 1.95. The molecule has 1 amide bonds. The van der Waals surface area contributed by atoms with Crippen molar-refractivity contribution in [2.45, 2.75) is 32.2 Å². The summed E-state index contributed by atoms with van der Waals surface area (Å²) in [6.45, 7) is 4.44. The van der Waals surface area contributed by atoms with Crippen molar-refractivity contribution in [3.63, 3.8) is 0 Å². The van der Waals surface area contributed by atoms with Crippen LogP contribution in [0.2, 0.25) is 0 Å². The predicted octanol–water partition coefficient (Wildman–Crippen LogP) is 2.68. The Hall–Kier alpha value is -1.38. The Morgan fingerprint density at radius 1 is 1.38 bits per heavy atom. The van der Waals surface area contributed by atoms with Gasteiger partial charge in [0.25, 0.3) is 0 Å². The lowest BCUT2D eigenvalue weighted by atomic mass is 9.89. The van der Waals surface area contributed by atoms with Gasteiger partial charge in [0.2, 0.25) is 5.91 Å². The molecule has 0 saturated carbocycles. The minimum atomic E-state index is -0.264. The van der Waals surface area contributed by atoms with Crippen molar-refractivity contribution >= 4 is 5.91 Å². The zero-order valence-corrected chi connectivity index (χ0v) is 9.66. The van der Waals surface area contributed by atoms with Crippen molar-refractivity contribution in [2.24, 2.45) is 0 Å². The normalized spacial score (nSPS) is 24.8. The molecule has 2 rings (SSSR count). The summed E-state index contributed by atoms with van der Waals surface area (Å²) in [4.78, 5) is 13.4. The lowest BCUT2D eigenvalue weighted by molar-refractivity contribution is -0.132. The van der Waals surface area contributed by atoms with Gasteiger partial charge in [-0.05, 0) is 37.5 Å². The number of carbonyl (C=O) groups is 1. The van der Waals surface area contributed by atoms with E-state index in [1.54, 1.807) is 19.1 Å². The van der Waals surface area contributed by atoms with Crippen LogP contribution in [0, 0.1) is 5.82 Å². The molecule has 1 fully saturated rings. The molecule has 1 saturated heterocycles. The van der Waals surface area contributed by atoms with E-state index in [1.807, 2.05) is 4.90 Å². The number of likely N-dealkylation sites (tertiary alicyclic amines) is 1. The maximum Gasteiger partial charge on any atom is 0.220 e. The number of nitrogens with zero attached hydrogens (tertiary/aromatic N) is 1. The zero-order valence-electron chi connectivity index (χ0n) is 9.66. The monoisotopic (exact) mass is 221 g/mol. The summed E-state index contributed by atoms with van der Waals surface area (Å²) in [6, 6.07) is 6.46. The summed E-state index contributed by atoms with van der Waals surface area (Å²) in [5.41, 5.74) is 0.751. The van der Waals surface area contributed by atoms with E-state index in [2.05, 4.69) is 6.92 Å². The second-order valence-electron chi connectivity index (χ2n) is 4.55. The molecule has 1 aromatic rings. The van der Waals surface area contributed by atoms with Crippen LogP contribution in [0.15, 0.2) is 24.3 Å². The van der Waals surface area contributed by atoms with E-state index in [0.717, 1.165) is 24.9 Å². The average molecular weight is 221 g/mol. The van der Waals surface area contributed by atoms with Crippen LogP contribution in [0.5, 0.6) is 0 Å². The van der Waals surface area contributed by atoms with Crippen LogP contribution in [0.4, 0.5) is 4.39 Å². The second-order valence-corrected chi connectivity index (χ2v) is 4.55. The van der Waals surface area contributed by atoms with Crippen LogP contribution in [0.3, 0.4) is 0 Å². The lowest BCUT2D eigenvalue weighted by Crippen LogP contribution is -2.41.